The second-order valence-corrected chi connectivity index (χ2v) is 5.27. The molecule has 1 aromatic carbocycles. The van der Waals surface area contributed by atoms with Gasteiger partial charge in [0.15, 0.2) is 0 Å². The maximum absolute atomic E-state index is 11.6. The van der Waals surface area contributed by atoms with Crippen LogP contribution in [-0.2, 0) is 4.79 Å². The van der Waals surface area contributed by atoms with Gasteiger partial charge in [-0.2, -0.15) is 0 Å². The first-order chi connectivity index (χ1) is 9.13. The molecular formula is C16H26N2O. The lowest BCUT2D eigenvalue weighted by atomic mass is 10.0. The van der Waals surface area contributed by atoms with Crippen molar-refractivity contribution >= 4 is 11.6 Å². The topological polar surface area (TPSA) is 41.1 Å². The van der Waals surface area contributed by atoms with Crippen LogP contribution in [0.2, 0.25) is 0 Å². The van der Waals surface area contributed by atoms with Crippen molar-refractivity contribution in [2.75, 3.05) is 11.9 Å². The standard InChI is InChI=1S/C16H26N2O/c1-4-5-11-16(19)17-12-15(13(2)3)18-14-9-7-6-8-10-14/h6-10,13,15,18H,4-5,11-12H2,1-3H3,(H,17,19). The number of anilines is 1. The molecule has 0 aliphatic heterocycles. The smallest absolute Gasteiger partial charge is 0.220 e. The fourth-order valence-corrected chi connectivity index (χ4v) is 1.85. The van der Waals surface area contributed by atoms with Crippen LogP contribution in [0.3, 0.4) is 0 Å². The number of rotatable bonds is 8. The Hall–Kier alpha value is -1.51. The van der Waals surface area contributed by atoms with Crippen LogP contribution >= 0.6 is 0 Å². The Balaban J connectivity index is 2.43. The Labute approximate surface area is 116 Å². The molecule has 0 spiro atoms. The Morgan fingerprint density at radius 3 is 2.47 bits per heavy atom. The Bertz CT molecular complexity index is 362. The van der Waals surface area contributed by atoms with Crippen molar-refractivity contribution < 1.29 is 4.79 Å². The monoisotopic (exact) mass is 262 g/mol. The fraction of sp³-hybridized carbons (Fsp3) is 0.562. The molecule has 19 heavy (non-hydrogen) atoms. The second-order valence-electron chi connectivity index (χ2n) is 5.27. The van der Waals surface area contributed by atoms with Crippen molar-refractivity contribution in [1.82, 2.24) is 5.32 Å². The lowest BCUT2D eigenvalue weighted by Crippen LogP contribution is -2.39. The molecular weight excluding hydrogens is 236 g/mol. The summed E-state index contributed by atoms with van der Waals surface area (Å²) in [6.07, 6.45) is 2.65. The van der Waals surface area contributed by atoms with Crippen LogP contribution in [0.5, 0.6) is 0 Å². The van der Waals surface area contributed by atoms with E-state index >= 15 is 0 Å². The van der Waals surface area contributed by atoms with Gasteiger partial charge in [0.05, 0.1) is 0 Å². The lowest BCUT2D eigenvalue weighted by molar-refractivity contribution is -0.121. The number of unbranched alkanes of at least 4 members (excludes halogenated alkanes) is 1. The highest BCUT2D eigenvalue weighted by Crippen LogP contribution is 2.11. The molecule has 0 aromatic heterocycles. The minimum absolute atomic E-state index is 0.155. The lowest BCUT2D eigenvalue weighted by Gasteiger charge is -2.24. The van der Waals surface area contributed by atoms with E-state index in [4.69, 9.17) is 0 Å². The fourth-order valence-electron chi connectivity index (χ4n) is 1.85. The van der Waals surface area contributed by atoms with Gasteiger partial charge < -0.3 is 10.6 Å². The Kier molecular flexibility index (Phi) is 7.01. The summed E-state index contributed by atoms with van der Waals surface area (Å²) in [6.45, 7) is 7.11. The van der Waals surface area contributed by atoms with Crippen LogP contribution in [-0.4, -0.2) is 18.5 Å². The number of nitrogens with one attached hydrogen (secondary N) is 2. The summed E-state index contributed by atoms with van der Waals surface area (Å²) in [5.74, 6) is 0.619. The van der Waals surface area contributed by atoms with Gasteiger partial charge >= 0.3 is 0 Å². The van der Waals surface area contributed by atoms with Gasteiger partial charge in [-0.3, -0.25) is 4.79 Å². The van der Waals surface area contributed by atoms with Gasteiger partial charge in [0.1, 0.15) is 0 Å². The molecule has 0 radical (unpaired) electrons. The molecule has 0 saturated carbocycles. The van der Waals surface area contributed by atoms with E-state index in [1.165, 1.54) is 0 Å². The molecule has 0 heterocycles. The molecule has 2 N–H and O–H groups in total. The molecule has 3 heteroatoms. The molecule has 0 saturated heterocycles. The van der Waals surface area contributed by atoms with E-state index in [-0.39, 0.29) is 11.9 Å². The van der Waals surface area contributed by atoms with E-state index in [2.05, 4.69) is 31.4 Å². The molecule has 1 amide bonds. The van der Waals surface area contributed by atoms with Crippen molar-refractivity contribution in [3.8, 4) is 0 Å². The first-order valence-corrected chi connectivity index (χ1v) is 7.21. The summed E-state index contributed by atoms with van der Waals surface area (Å²) in [7, 11) is 0. The predicted molar refractivity (Wildman–Crippen MR) is 81.2 cm³/mol. The Morgan fingerprint density at radius 2 is 1.89 bits per heavy atom. The first-order valence-electron chi connectivity index (χ1n) is 7.21. The number of benzene rings is 1. The van der Waals surface area contributed by atoms with E-state index in [0.717, 1.165) is 18.5 Å². The first kappa shape index (κ1) is 15.5. The third-order valence-electron chi connectivity index (χ3n) is 3.21. The molecule has 1 aromatic rings. The number of carbonyl (C=O) groups excluding carboxylic acids is 1. The van der Waals surface area contributed by atoms with Crippen LogP contribution in [0.25, 0.3) is 0 Å². The van der Waals surface area contributed by atoms with Gasteiger partial charge in [0.25, 0.3) is 0 Å². The average Bonchev–Trinajstić information content (AvgIpc) is 2.41. The van der Waals surface area contributed by atoms with E-state index in [0.29, 0.717) is 18.9 Å². The van der Waals surface area contributed by atoms with Gasteiger partial charge in [-0.15, -0.1) is 0 Å². The zero-order valence-electron chi connectivity index (χ0n) is 12.3. The van der Waals surface area contributed by atoms with Crippen LogP contribution in [0.1, 0.15) is 40.0 Å². The number of amides is 1. The highest BCUT2D eigenvalue weighted by Gasteiger charge is 2.14. The Morgan fingerprint density at radius 1 is 1.21 bits per heavy atom. The normalized spacial score (nSPS) is 12.2. The maximum Gasteiger partial charge on any atom is 0.220 e. The molecule has 1 rings (SSSR count). The summed E-state index contributed by atoms with van der Waals surface area (Å²) in [5.41, 5.74) is 1.10. The van der Waals surface area contributed by atoms with E-state index in [9.17, 15) is 4.79 Å². The van der Waals surface area contributed by atoms with Crippen molar-refractivity contribution in [3.63, 3.8) is 0 Å². The van der Waals surface area contributed by atoms with Crippen LogP contribution in [0, 0.1) is 5.92 Å². The van der Waals surface area contributed by atoms with Crippen LogP contribution in [0.15, 0.2) is 30.3 Å². The quantitative estimate of drug-likeness (QED) is 0.753. The zero-order chi connectivity index (χ0) is 14.1. The van der Waals surface area contributed by atoms with Crippen LogP contribution < -0.4 is 10.6 Å². The second kappa shape index (κ2) is 8.57. The molecule has 0 fully saturated rings. The van der Waals surface area contributed by atoms with Gasteiger partial charge in [-0.1, -0.05) is 45.4 Å². The van der Waals surface area contributed by atoms with E-state index in [1.54, 1.807) is 0 Å². The summed E-state index contributed by atoms with van der Waals surface area (Å²) < 4.78 is 0. The van der Waals surface area contributed by atoms with Crippen molar-refractivity contribution in [1.29, 1.82) is 0 Å². The van der Waals surface area contributed by atoms with E-state index in [1.807, 2.05) is 30.3 Å². The van der Waals surface area contributed by atoms with Crippen LogP contribution in [0.4, 0.5) is 5.69 Å². The van der Waals surface area contributed by atoms with Gasteiger partial charge in [0, 0.05) is 24.7 Å². The summed E-state index contributed by atoms with van der Waals surface area (Å²) in [5, 5.41) is 6.49. The molecule has 106 valence electrons. The van der Waals surface area contributed by atoms with Crippen molar-refractivity contribution in [3.05, 3.63) is 30.3 Å². The zero-order valence-corrected chi connectivity index (χ0v) is 12.3. The van der Waals surface area contributed by atoms with Crippen molar-refractivity contribution in [2.45, 2.75) is 46.1 Å². The molecule has 3 nitrogen and oxygen atoms in total. The number of hydrogen-bond donors (Lipinski definition) is 2. The minimum atomic E-state index is 0.155. The van der Waals surface area contributed by atoms with Crippen molar-refractivity contribution in [2.24, 2.45) is 5.92 Å². The largest absolute Gasteiger partial charge is 0.380 e. The highest BCUT2D eigenvalue weighted by atomic mass is 16.1. The number of carbonyl (C=O) groups is 1. The summed E-state index contributed by atoms with van der Waals surface area (Å²) in [4.78, 5) is 11.6. The SMILES string of the molecule is CCCCC(=O)NCC(Nc1ccccc1)C(C)C. The third-order valence-corrected chi connectivity index (χ3v) is 3.21. The third kappa shape index (κ3) is 6.27. The predicted octanol–water partition coefficient (Wildman–Crippen LogP) is 3.43. The average molecular weight is 262 g/mol. The molecule has 1 atom stereocenters. The van der Waals surface area contributed by atoms with Gasteiger partial charge in [0.2, 0.25) is 5.91 Å². The number of para-hydroxylation sites is 1. The molecule has 0 aliphatic rings. The van der Waals surface area contributed by atoms with Gasteiger partial charge in [-0.05, 0) is 24.5 Å². The molecule has 1 unspecified atom stereocenters. The summed E-state index contributed by atoms with van der Waals surface area (Å²) in [6, 6.07) is 10.4. The molecule has 0 aliphatic carbocycles. The maximum atomic E-state index is 11.6. The van der Waals surface area contributed by atoms with Gasteiger partial charge in [-0.25, -0.2) is 0 Å². The highest BCUT2D eigenvalue weighted by molar-refractivity contribution is 5.75. The molecule has 0 bridgehead atoms. The number of hydrogen-bond acceptors (Lipinski definition) is 2. The van der Waals surface area contributed by atoms with E-state index < -0.39 is 0 Å². The minimum Gasteiger partial charge on any atom is -0.380 e. The summed E-state index contributed by atoms with van der Waals surface area (Å²) >= 11 is 0.